The van der Waals surface area contributed by atoms with Crippen LogP contribution in [0.4, 0.5) is 13.2 Å². The minimum absolute atomic E-state index is 0.235. The molecule has 0 atom stereocenters. The molecule has 0 unspecified atom stereocenters. The Morgan fingerprint density at radius 1 is 0.325 bits per heavy atom. The minimum Gasteiger partial charge on any atom is -0.507 e. The highest BCUT2D eigenvalue weighted by molar-refractivity contribution is 7.88. The molecular formula is C63H41F3N6O4S. The molecule has 1 N–H and O–H groups in total. The van der Waals surface area contributed by atoms with Gasteiger partial charge in [0.15, 0.2) is 40.7 Å². The molecule has 0 saturated heterocycles. The molecule has 2 heterocycles. The lowest BCUT2D eigenvalue weighted by Gasteiger charge is -2.14. The Kier molecular flexibility index (Phi) is 13.5. The van der Waals surface area contributed by atoms with Crippen LogP contribution in [0.25, 0.3) is 112 Å². The smallest absolute Gasteiger partial charge is 0.507 e. The van der Waals surface area contributed by atoms with E-state index >= 15 is 0 Å². The predicted molar refractivity (Wildman–Crippen MR) is 295 cm³/mol. The summed E-state index contributed by atoms with van der Waals surface area (Å²) in [5.74, 6) is 3.20. The van der Waals surface area contributed by atoms with Crippen LogP contribution in [-0.2, 0) is 10.1 Å². The molecule has 374 valence electrons. The third kappa shape index (κ3) is 10.6. The van der Waals surface area contributed by atoms with Crippen LogP contribution in [-0.4, -0.2) is 48.9 Å². The topological polar surface area (TPSA) is 141 Å². The van der Waals surface area contributed by atoms with E-state index in [1.165, 1.54) is 12.1 Å². The van der Waals surface area contributed by atoms with Crippen LogP contribution in [0.2, 0.25) is 0 Å². The van der Waals surface area contributed by atoms with Crippen LogP contribution in [0.1, 0.15) is 0 Å². The van der Waals surface area contributed by atoms with Crippen LogP contribution in [0.5, 0.6) is 11.5 Å². The van der Waals surface area contributed by atoms with Crippen molar-refractivity contribution in [2.75, 3.05) is 0 Å². The number of nitrogens with zero attached hydrogens (tertiary/aromatic N) is 6. The van der Waals surface area contributed by atoms with Crippen LogP contribution in [0.3, 0.4) is 0 Å². The van der Waals surface area contributed by atoms with Crippen molar-refractivity contribution in [2.24, 2.45) is 0 Å². The molecule has 12 rings (SSSR count). The van der Waals surface area contributed by atoms with Gasteiger partial charge in [0.25, 0.3) is 0 Å². The summed E-state index contributed by atoms with van der Waals surface area (Å²) >= 11 is 0. The molecule has 2 aromatic heterocycles. The van der Waals surface area contributed by atoms with Crippen molar-refractivity contribution in [3.8, 4) is 102 Å². The Balaban J connectivity index is 0.000000166. The van der Waals surface area contributed by atoms with Gasteiger partial charge in [-0.15, -0.1) is 0 Å². The number of benzene rings is 10. The van der Waals surface area contributed by atoms with Crippen molar-refractivity contribution in [1.82, 2.24) is 29.9 Å². The summed E-state index contributed by atoms with van der Waals surface area (Å²) in [5, 5.41) is 13.1. The Labute approximate surface area is 440 Å². The summed E-state index contributed by atoms with van der Waals surface area (Å²) in [6.45, 7) is 0. The highest BCUT2D eigenvalue weighted by Crippen LogP contribution is 2.40. The van der Waals surface area contributed by atoms with Gasteiger partial charge >= 0.3 is 15.6 Å². The first-order valence-electron chi connectivity index (χ1n) is 24.1. The lowest BCUT2D eigenvalue weighted by molar-refractivity contribution is -0.0499. The highest BCUT2D eigenvalue weighted by atomic mass is 32.2. The van der Waals surface area contributed by atoms with Gasteiger partial charge in [-0.25, -0.2) is 29.9 Å². The lowest BCUT2D eigenvalue weighted by atomic mass is 9.97. The number of hydrogen-bond donors (Lipinski definition) is 1. The average Bonchev–Trinajstić information content (AvgIpc) is 3.50. The fourth-order valence-corrected chi connectivity index (χ4v) is 9.29. The first kappa shape index (κ1) is 49.3. The molecule has 0 bridgehead atoms. The Hall–Kier alpha value is -9.92. The minimum atomic E-state index is -5.86. The Morgan fingerprint density at radius 3 is 0.961 bits per heavy atom. The molecule has 14 heteroatoms. The maximum Gasteiger partial charge on any atom is 0.534 e. The van der Waals surface area contributed by atoms with Gasteiger partial charge in [-0.3, -0.25) is 0 Å². The summed E-state index contributed by atoms with van der Waals surface area (Å²) in [7, 11) is -5.86. The van der Waals surface area contributed by atoms with E-state index in [0.29, 0.717) is 57.0 Å². The van der Waals surface area contributed by atoms with Crippen LogP contribution in [0, 0.1) is 0 Å². The Morgan fingerprint density at radius 2 is 0.610 bits per heavy atom. The normalized spacial score (nSPS) is 11.5. The van der Waals surface area contributed by atoms with Crippen molar-refractivity contribution in [2.45, 2.75) is 5.51 Å². The molecule has 10 aromatic carbocycles. The molecule has 0 saturated carbocycles. The predicted octanol–water partition coefficient (Wildman–Crippen LogP) is 15.3. The van der Waals surface area contributed by atoms with E-state index in [0.717, 1.165) is 49.7 Å². The highest BCUT2D eigenvalue weighted by Gasteiger charge is 2.48. The van der Waals surface area contributed by atoms with Crippen molar-refractivity contribution >= 4 is 31.7 Å². The standard InChI is InChI=1S/C32H20F3N3O3S.C31H21N3O/c33-32(34,35)42(39,40)41-27-16-8-14-22-13-7-15-26(28(22)27)21-17-19-25(20-18-21)31-37-29(23-9-3-1-4-10-23)36-30(38-31)24-11-5-2-6-12-24;35-27-16-8-14-22-13-7-15-26(28(22)27)21-17-19-25(20-18-21)31-33-29(23-9-3-1-4-10-23)32-30(34-31)24-11-5-2-6-12-24/h1-20H;1-20,35H. The SMILES string of the molecule is O=S(=O)(Oc1cccc2cccc(-c3ccc(-c4nc(-c5ccccc5)nc(-c5ccccc5)n4)cc3)c12)C(F)(F)F.Oc1cccc2cccc(-c3ccc(-c4nc(-c5ccccc5)nc(-c5ccccc5)n4)cc3)c12. The third-order valence-electron chi connectivity index (χ3n) is 12.5. The van der Waals surface area contributed by atoms with Gasteiger partial charge < -0.3 is 9.29 Å². The number of fused-ring (bicyclic) bond motifs is 2. The molecule has 0 aliphatic rings. The fraction of sp³-hybridized carbons (Fsp3) is 0.0159. The summed E-state index contributed by atoms with van der Waals surface area (Å²) in [6, 6.07) is 75.3. The largest absolute Gasteiger partial charge is 0.534 e. The fourth-order valence-electron chi connectivity index (χ4n) is 8.82. The quantitative estimate of drug-likeness (QED) is 0.104. The van der Waals surface area contributed by atoms with Gasteiger partial charge in [-0.1, -0.05) is 231 Å². The first-order valence-corrected chi connectivity index (χ1v) is 25.6. The first-order chi connectivity index (χ1) is 37.5. The third-order valence-corrected chi connectivity index (χ3v) is 13.5. The maximum absolute atomic E-state index is 13.1. The maximum atomic E-state index is 13.1. The summed E-state index contributed by atoms with van der Waals surface area (Å²) in [4.78, 5) is 28.5. The zero-order valence-electron chi connectivity index (χ0n) is 40.5. The van der Waals surface area contributed by atoms with Gasteiger partial charge in [-0.2, -0.15) is 21.6 Å². The summed E-state index contributed by atoms with van der Waals surface area (Å²) in [6.07, 6.45) is 0. The number of aromatic hydroxyl groups is 1. The molecule has 12 aromatic rings. The zero-order chi connectivity index (χ0) is 52.9. The summed E-state index contributed by atoms with van der Waals surface area (Å²) < 4.78 is 67.5. The number of phenols is 1. The van der Waals surface area contributed by atoms with E-state index < -0.39 is 21.4 Å². The number of rotatable bonds is 10. The number of halogens is 3. The molecule has 10 nitrogen and oxygen atoms in total. The van der Waals surface area contributed by atoms with E-state index in [9.17, 15) is 26.7 Å². The molecule has 0 radical (unpaired) electrons. The van der Waals surface area contributed by atoms with Crippen molar-refractivity contribution < 1.29 is 30.9 Å². The van der Waals surface area contributed by atoms with Gasteiger partial charge in [0.1, 0.15) is 5.75 Å². The van der Waals surface area contributed by atoms with E-state index in [2.05, 4.69) is 9.17 Å². The second kappa shape index (κ2) is 21.1. The number of hydrogen-bond acceptors (Lipinski definition) is 10. The van der Waals surface area contributed by atoms with Crippen molar-refractivity contribution in [3.05, 3.63) is 243 Å². The van der Waals surface area contributed by atoms with E-state index in [4.69, 9.17) is 24.9 Å². The molecule has 0 spiro atoms. The molecule has 77 heavy (non-hydrogen) atoms. The second-order valence-corrected chi connectivity index (χ2v) is 19.1. The van der Waals surface area contributed by atoms with Gasteiger partial charge in [-0.05, 0) is 45.2 Å². The number of alkyl halides is 3. The zero-order valence-corrected chi connectivity index (χ0v) is 41.3. The number of aromatic nitrogens is 6. The molecule has 0 aliphatic heterocycles. The molecule has 0 aliphatic carbocycles. The van der Waals surface area contributed by atoms with Crippen molar-refractivity contribution in [1.29, 1.82) is 0 Å². The van der Waals surface area contributed by atoms with E-state index in [-0.39, 0.29) is 11.1 Å². The molecule has 0 amide bonds. The van der Waals surface area contributed by atoms with Crippen LogP contribution < -0.4 is 4.18 Å². The molecule has 0 fully saturated rings. The van der Waals surface area contributed by atoms with Crippen molar-refractivity contribution in [3.63, 3.8) is 0 Å². The monoisotopic (exact) mass is 1030 g/mol. The van der Waals surface area contributed by atoms with E-state index in [1.807, 2.05) is 176 Å². The average molecular weight is 1040 g/mol. The van der Waals surface area contributed by atoms with Crippen LogP contribution >= 0.6 is 0 Å². The Bertz CT molecular complexity index is 4050. The van der Waals surface area contributed by atoms with Crippen LogP contribution in [0.15, 0.2) is 243 Å². The van der Waals surface area contributed by atoms with E-state index in [1.54, 1.807) is 54.6 Å². The van der Waals surface area contributed by atoms with Gasteiger partial charge in [0.05, 0.1) is 0 Å². The lowest BCUT2D eigenvalue weighted by Crippen LogP contribution is -2.28. The van der Waals surface area contributed by atoms with Gasteiger partial charge in [0, 0.05) is 44.2 Å². The summed E-state index contributed by atoms with van der Waals surface area (Å²) in [5.41, 5.74) is 2.68. The van der Waals surface area contributed by atoms with Gasteiger partial charge in [0.2, 0.25) is 0 Å². The second-order valence-electron chi connectivity index (χ2n) is 17.6. The number of phenolic OH excluding ortho intramolecular Hbond substituents is 1. The molecular weight excluding hydrogens is 994 g/mol.